The fraction of sp³-hybridized carbons (Fsp3) is 0.111. The first-order valence-electron chi connectivity index (χ1n) is 7.71. The third kappa shape index (κ3) is 2.82. The lowest BCUT2D eigenvalue weighted by Crippen LogP contribution is -2.18. The van der Waals surface area contributed by atoms with E-state index in [1.165, 1.54) is 16.1 Å². The molecule has 1 unspecified atom stereocenters. The van der Waals surface area contributed by atoms with Crippen LogP contribution < -0.4 is 5.32 Å². The van der Waals surface area contributed by atoms with Crippen LogP contribution in [0.3, 0.4) is 0 Å². The molecule has 4 nitrogen and oxygen atoms in total. The number of thiazole rings is 1. The summed E-state index contributed by atoms with van der Waals surface area (Å²) in [5.41, 5.74) is 0.000397. The molecule has 4 rings (SSSR count). The minimum absolute atomic E-state index is 0.0651. The molecule has 132 valence electrons. The van der Waals surface area contributed by atoms with Crippen LogP contribution >= 0.6 is 11.3 Å². The van der Waals surface area contributed by atoms with Crippen molar-refractivity contribution >= 4 is 38.7 Å². The van der Waals surface area contributed by atoms with E-state index < -0.39 is 18.5 Å². The number of anilines is 1. The Kier molecular flexibility index (Phi) is 4.12. The van der Waals surface area contributed by atoms with E-state index in [1.807, 2.05) is 24.3 Å². The number of fused-ring (bicyclic) bond motifs is 2. The summed E-state index contributed by atoms with van der Waals surface area (Å²) in [6.45, 7) is 0. The van der Waals surface area contributed by atoms with Gasteiger partial charge in [-0.25, -0.2) is 18.2 Å². The second kappa shape index (κ2) is 6.45. The summed E-state index contributed by atoms with van der Waals surface area (Å²) in [5, 5.41) is 5.43. The molecule has 26 heavy (non-hydrogen) atoms. The number of aromatic nitrogens is 2. The number of imidazole rings is 1. The van der Waals surface area contributed by atoms with Crippen molar-refractivity contribution in [1.29, 1.82) is 0 Å². The standard InChI is InChI=1S/C18H12F3N3OS/c19-14(12-6-5-10-3-1-2-4-11(10)7-12)17(25)23-16-18-24(9-22-16)13(8-26-18)15(20)21/h1-9,14-15H,(H,23,25). The van der Waals surface area contributed by atoms with E-state index in [0.29, 0.717) is 4.83 Å². The summed E-state index contributed by atoms with van der Waals surface area (Å²) >= 11 is 1.01. The van der Waals surface area contributed by atoms with Gasteiger partial charge in [-0.05, 0) is 22.4 Å². The summed E-state index contributed by atoms with van der Waals surface area (Å²) in [4.78, 5) is 16.5. The van der Waals surface area contributed by atoms with E-state index in [0.717, 1.165) is 22.1 Å². The molecule has 0 saturated carbocycles. The molecule has 0 aliphatic heterocycles. The summed E-state index contributed by atoms with van der Waals surface area (Å²) in [6, 6.07) is 12.3. The molecular weight excluding hydrogens is 363 g/mol. The molecule has 4 aromatic rings. The van der Waals surface area contributed by atoms with Crippen LogP contribution in [0.25, 0.3) is 15.6 Å². The van der Waals surface area contributed by atoms with Gasteiger partial charge in [0.2, 0.25) is 6.17 Å². The Bertz CT molecular complexity index is 1110. The monoisotopic (exact) mass is 375 g/mol. The molecule has 2 aromatic heterocycles. The van der Waals surface area contributed by atoms with Crippen LogP contribution in [0.5, 0.6) is 0 Å². The quantitative estimate of drug-likeness (QED) is 0.537. The van der Waals surface area contributed by atoms with E-state index in [-0.39, 0.29) is 17.1 Å². The van der Waals surface area contributed by atoms with Crippen molar-refractivity contribution in [1.82, 2.24) is 9.38 Å². The number of nitrogens with one attached hydrogen (secondary N) is 1. The Morgan fingerprint density at radius 1 is 1.12 bits per heavy atom. The molecule has 1 N–H and O–H groups in total. The normalized spacial score (nSPS) is 12.8. The lowest BCUT2D eigenvalue weighted by Gasteiger charge is -2.09. The van der Waals surface area contributed by atoms with E-state index in [4.69, 9.17) is 0 Å². The fourth-order valence-electron chi connectivity index (χ4n) is 2.75. The van der Waals surface area contributed by atoms with E-state index in [9.17, 15) is 18.0 Å². The number of nitrogens with zero attached hydrogens (tertiary/aromatic N) is 2. The van der Waals surface area contributed by atoms with Gasteiger partial charge in [0.15, 0.2) is 5.82 Å². The smallest absolute Gasteiger partial charge is 0.279 e. The summed E-state index contributed by atoms with van der Waals surface area (Å²) in [6.07, 6.45) is -3.37. The highest BCUT2D eigenvalue weighted by atomic mass is 32.1. The Labute approximate surface area is 149 Å². The molecule has 0 aliphatic carbocycles. The number of carbonyl (C=O) groups excluding carboxylic acids is 1. The van der Waals surface area contributed by atoms with Crippen LogP contribution in [-0.4, -0.2) is 15.3 Å². The number of amides is 1. The maximum absolute atomic E-state index is 14.6. The average Bonchev–Trinajstić information content (AvgIpc) is 3.23. The van der Waals surface area contributed by atoms with Gasteiger partial charge >= 0.3 is 0 Å². The van der Waals surface area contributed by atoms with Gasteiger partial charge < -0.3 is 5.32 Å². The van der Waals surface area contributed by atoms with Gasteiger partial charge in [0, 0.05) is 5.38 Å². The second-order valence-electron chi connectivity index (χ2n) is 5.69. The Hall–Kier alpha value is -2.87. The number of benzene rings is 2. The highest BCUT2D eigenvalue weighted by Crippen LogP contribution is 2.30. The molecular formula is C18H12F3N3OS. The van der Waals surface area contributed by atoms with Crippen molar-refractivity contribution in [3.63, 3.8) is 0 Å². The highest BCUT2D eigenvalue weighted by Gasteiger charge is 2.23. The van der Waals surface area contributed by atoms with Crippen molar-refractivity contribution in [3.8, 4) is 0 Å². The summed E-state index contributed by atoms with van der Waals surface area (Å²) in [5.74, 6) is -0.830. The molecule has 0 fully saturated rings. The predicted octanol–water partition coefficient (Wildman–Crippen LogP) is 5.14. The molecule has 0 aliphatic rings. The number of hydrogen-bond donors (Lipinski definition) is 1. The third-order valence-corrected chi connectivity index (χ3v) is 5.03. The SMILES string of the molecule is O=C(Nc1ncn2c(C(F)F)csc12)C(F)c1ccc2ccccc2c1. The van der Waals surface area contributed by atoms with Crippen molar-refractivity contribution in [2.75, 3.05) is 5.32 Å². The zero-order chi connectivity index (χ0) is 18.3. The van der Waals surface area contributed by atoms with Gasteiger partial charge in [-0.1, -0.05) is 36.4 Å². The van der Waals surface area contributed by atoms with Crippen LogP contribution in [0.2, 0.25) is 0 Å². The van der Waals surface area contributed by atoms with Crippen molar-refractivity contribution in [3.05, 3.63) is 65.4 Å². The van der Waals surface area contributed by atoms with E-state index >= 15 is 0 Å². The van der Waals surface area contributed by atoms with Crippen LogP contribution in [0.15, 0.2) is 54.2 Å². The Morgan fingerprint density at radius 2 is 1.88 bits per heavy atom. The van der Waals surface area contributed by atoms with Crippen molar-refractivity contribution in [2.45, 2.75) is 12.6 Å². The third-order valence-electron chi connectivity index (χ3n) is 4.05. The predicted molar refractivity (Wildman–Crippen MR) is 94.5 cm³/mol. The molecule has 2 aromatic carbocycles. The van der Waals surface area contributed by atoms with E-state index in [1.54, 1.807) is 18.2 Å². The largest absolute Gasteiger partial charge is 0.305 e. The van der Waals surface area contributed by atoms with Crippen molar-refractivity contribution < 1.29 is 18.0 Å². The van der Waals surface area contributed by atoms with Crippen molar-refractivity contribution in [2.24, 2.45) is 0 Å². The Morgan fingerprint density at radius 3 is 2.65 bits per heavy atom. The molecule has 0 radical (unpaired) electrons. The molecule has 1 atom stereocenters. The zero-order valence-corrected chi connectivity index (χ0v) is 14.0. The molecule has 0 spiro atoms. The lowest BCUT2D eigenvalue weighted by molar-refractivity contribution is -0.121. The molecule has 8 heteroatoms. The lowest BCUT2D eigenvalue weighted by atomic mass is 10.0. The summed E-state index contributed by atoms with van der Waals surface area (Å²) in [7, 11) is 0. The summed E-state index contributed by atoms with van der Waals surface area (Å²) < 4.78 is 41.6. The second-order valence-corrected chi connectivity index (χ2v) is 6.55. The van der Waals surface area contributed by atoms with Gasteiger partial charge in [-0.2, -0.15) is 0 Å². The van der Waals surface area contributed by atoms with Crippen LogP contribution in [0, 0.1) is 0 Å². The molecule has 0 bridgehead atoms. The van der Waals surface area contributed by atoms with Gasteiger partial charge in [0.1, 0.15) is 16.9 Å². The minimum atomic E-state index is -2.66. The fourth-order valence-corrected chi connectivity index (χ4v) is 3.68. The number of alkyl halides is 3. The van der Waals surface area contributed by atoms with Gasteiger partial charge in [0.05, 0.1) is 0 Å². The molecule has 2 heterocycles. The number of halogens is 3. The topological polar surface area (TPSA) is 46.4 Å². The minimum Gasteiger partial charge on any atom is -0.305 e. The Balaban J connectivity index is 1.59. The maximum Gasteiger partial charge on any atom is 0.279 e. The van der Waals surface area contributed by atoms with E-state index in [2.05, 4.69) is 10.3 Å². The van der Waals surface area contributed by atoms with Crippen LogP contribution in [0.4, 0.5) is 19.0 Å². The first kappa shape index (κ1) is 16.6. The number of rotatable bonds is 4. The average molecular weight is 375 g/mol. The molecule has 0 saturated heterocycles. The van der Waals surface area contributed by atoms with Crippen LogP contribution in [0.1, 0.15) is 23.9 Å². The maximum atomic E-state index is 14.6. The zero-order valence-electron chi connectivity index (χ0n) is 13.2. The van der Waals surface area contributed by atoms with Gasteiger partial charge in [0.25, 0.3) is 12.3 Å². The number of carbonyl (C=O) groups is 1. The van der Waals surface area contributed by atoms with Gasteiger partial charge in [-0.15, -0.1) is 11.3 Å². The first-order valence-corrected chi connectivity index (χ1v) is 8.59. The first-order chi connectivity index (χ1) is 12.5. The number of hydrogen-bond acceptors (Lipinski definition) is 3. The highest BCUT2D eigenvalue weighted by molar-refractivity contribution is 7.16. The van der Waals surface area contributed by atoms with Gasteiger partial charge in [-0.3, -0.25) is 9.20 Å². The molecule has 1 amide bonds. The van der Waals surface area contributed by atoms with Crippen LogP contribution in [-0.2, 0) is 4.79 Å².